The van der Waals surface area contributed by atoms with Crippen molar-refractivity contribution in [3.05, 3.63) is 21.1 Å². The molecule has 0 radical (unpaired) electrons. The van der Waals surface area contributed by atoms with Crippen molar-refractivity contribution in [3.8, 4) is 23.5 Å². The number of anilines is 1. The molecule has 1 aromatic carbocycles. The van der Waals surface area contributed by atoms with E-state index < -0.39 is 0 Å². The summed E-state index contributed by atoms with van der Waals surface area (Å²) in [7, 11) is 1.58. The number of rotatable bonds is 5. The van der Waals surface area contributed by atoms with Crippen LogP contribution in [0.3, 0.4) is 0 Å². The highest BCUT2D eigenvalue weighted by Gasteiger charge is 2.12. The summed E-state index contributed by atoms with van der Waals surface area (Å²) in [5.41, 5.74) is 5.59. The van der Waals surface area contributed by atoms with Crippen molar-refractivity contribution in [1.82, 2.24) is 15.0 Å². The molecule has 0 aliphatic heterocycles. The average Bonchev–Trinajstić information content (AvgIpc) is 2.42. The maximum Gasteiger partial charge on any atom is 0.330 e. The summed E-state index contributed by atoms with van der Waals surface area (Å²) in [4.78, 5) is 11.8. The van der Waals surface area contributed by atoms with Crippen LogP contribution in [-0.4, -0.2) is 28.7 Å². The van der Waals surface area contributed by atoms with Crippen molar-refractivity contribution in [2.75, 3.05) is 19.5 Å². The van der Waals surface area contributed by atoms with Crippen LogP contribution >= 0.6 is 31.9 Å². The molecule has 0 fully saturated rings. The molecule has 0 saturated heterocycles. The fourth-order valence-electron chi connectivity index (χ4n) is 1.44. The zero-order chi connectivity index (χ0) is 15.4. The smallest absolute Gasteiger partial charge is 0.330 e. The van der Waals surface area contributed by atoms with E-state index in [0.717, 1.165) is 4.47 Å². The molecule has 0 unspecified atom stereocenters. The monoisotopic (exact) mass is 418 g/mol. The molecule has 0 amide bonds. The van der Waals surface area contributed by atoms with Crippen molar-refractivity contribution in [3.63, 3.8) is 0 Å². The summed E-state index contributed by atoms with van der Waals surface area (Å²) in [5.74, 6) is 1.18. The Hall–Kier alpha value is -1.61. The molecule has 2 rings (SSSR count). The van der Waals surface area contributed by atoms with Gasteiger partial charge in [-0.3, -0.25) is 0 Å². The minimum atomic E-state index is 0.0205. The molecule has 112 valence electrons. The van der Waals surface area contributed by atoms with Crippen molar-refractivity contribution >= 4 is 37.8 Å². The van der Waals surface area contributed by atoms with E-state index in [-0.39, 0.29) is 18.0 Å². The first-order chi connectivity index (χ1) is 10.0. The molecule has 0 atom stereocenters. The van der Waals surface area contributed by atoms with E-state index in [1.807, 2.05) is 6.92 Å². The summed E-state index contributed by atoms with van der Waals surface area (Å²) in [6.45, 7) is 2.23. The Bertz CT molecular complexity index is 655. The molecule has 7 nitrogen and oxygen atoms in total. The van der Waals surface area contributed by atoms with Crippen LogP contribution in [-0.2, 0) is 0 Å². The summed E-state index contributed by atoms with van der Waals surface area (Å²) in [5, 5.41) is 0. The Kier molecular flexibility index (Phi) is 5.18. The summed E-state index contributed by atoms with van der Waals surface area (Å²) in [6.07, 6.45) is 0. The number of benzene rings is 1. The van der Waals surface area contributed by atoms with E-state index in [1.165, 1.54) is 0 Å². The van der Waals surface area contributed by atoms with Crippen LogP contribution < -0.4 is 19.9 Å². The molecule has 21 heavy (non-hydrogen) atoms. The minimum absolute atomic E-state index is 0.0205. The quantitative estimate of drug-likeness (QED) is 0.795. The van der Waals surface area contributed by atoms with Gasteiger partial charge in [-0.1, -0.05) is 0 Å². The maximum atomic E-state index is 5.60. The minimum Gasteiger partial charge on any atom is -0.496 e. The third-order valence-electron chi connectivity index (χ3n) is 2.29. The highest BCUT2D eigenvalue weighted by Crippen LogP contribution is 2.37. The molecule has 0 aliphatic carbocycles. The van der Waals surface area contributed by atoms with Gasteiger partial charge in [-0.15, -0.1) is 4.98 Å². The molecule has 1 aromatic heterocycles. The van der Waals surface area contributed by atoms with E-state index in [4.69, 9.17) is 19.9 Å². The van der Waals surface area contributed by atoms with E-state index in [0.29, 0.717) is 22.6 Å². The van der Waals surface area contributed by atoms with Crippen LogP contribution in [0.4, 0.5) is 5.95 Å². The van der Waals surface area contributed by atoms with Crippen LogP contribution in [0.2, 0.25) is 0 Å². The van der Waals surface area contributed by atoms with Crippen molar-refractivity contribution in [2.45, 2.75) is 6.92 Å². The zero-order valence-corrected chi connectivity index (χ0v) is 14.4. The standard InChI is InChI=1S/C12H12Br2N4O3/c1-3-20-11-16-10(15)17-12(18-11)21-9-5-6(13)8(19-2)4-7(9)14/h4-5H,3H2,1-2H3,(H2,15,16,17,18). The fraction of sp³-hybridized carbons (Fsp3) is 0.250. The number of aromatic nitrogens is 3. The van der Waals surface area contributed by atoms with Crippen molar-refractivity contribution in [2.24, 2.45) is 0 Å². The zero-order valence-electron chi connectivity index (χ0n) is 11.3. The normalized spacial score (nSPS) is 10.3. The van der Waals surface area contributed by atoms with Crippen LogP contribution in [0.1, 0.15) is 6.92 Å². The fourth-order valence-corrected chi connectivity index (χ4v) is 2.32. The van der Waals surface area contributed by atoms with Gasteiger partial charge < -0.3 is 19.9 Å². The van der Waals surface area contributed by atoms with E-state index in [2.05, 4.69) is 46.8 Å². The number of nitrogens with zero attached hydrogens (tertiary/aromatic N) is 3. The van der Waals surface area contributed by atoms with Gasteiger partial charge in [0.2, 0.25) is 5.95 Å². The predicted octanol–water partition coefficient (Wildman–Crippen LogP) is 3.18. The van der Waals surface area contributed by atoms with Gasteiger partial charge in [0.1, 0.15) is 11.5 Å². The van der Waals surface area contributed by atoms with Gasteiger partial charge in [0.15, 0.2) is 0 Å². The summed E-state index contributed by atoms with van der Waals surface area (Å²) in [6, 6.07) is 3.64. The lowest BCUT2D eigenvalue weighted by Crippen LogP contribution is -2.05. The molecule has 0 saturated carbocycles. The lowest BCUT2D eigenvalue weighted by Gasteiger charge is -2.10. The Labute approximate surface area is 138 Å². The van der Waals surface area contributed by atoms with Crippen molar-refractivity contribution < 1.29 is 14.2 Å². The largest absolute Gasteiger partial charge is 0.496 e. The number of halogens is 2. The first-order valence-electron chi connectivity index (χ1n) is 5.88. The Morgan fingerprint density at radius 3 is 2.33 bits per heavy atom. The Morgan fingerprint density at radius 2 is 1.67 bits per heavy atom. The average molecular weight is 420 g/mol. The molecule has 0 bridgehead atoms. The number of nitrogens with two attached hydrogens (primary N) is 1. The predicted molar refractivity (Wildman–Crippen MR) is 83.9 cm³/mol. The Balaban J connectivity index is 2.31. The van der Waals surface area contributed by atoms with E-state index in [9.17, 15) is 0 Å². The number of ether oxygens (including phenoxy) is 3. The first-order valence-corrected chi connectivity index (χ1v) is 7.47. The molecule has 0 aliphatic rings. The molecule has 2 aromatic rings. The molecular formula is C12H12Br2N4O3. The van der Waals surface area contributed by atoms with Crippen molar-refractivity contribution in [1.29, 1.82) is 0 Å². The molecule has 2 N–H and O–H groups in total. The van der Waals surface area contributed by atoms with Gasteiger partial charge in [-0.2, -0.15) is 9.97 Å². The highest BCUT2D eigenvalue weighted by molar-refractivity contribution is 9.11. The van der Waals surface area contributed by atoms with Gasteiger partial charge >= 0.3 is 12.0 Å². The van der Waals surface area contributed by atoms with Crippen LogP contribution in [0, 0.1) is 0 Å². The van der Waals surface area contributed by atoms with Gasteiger partial charge in [0.25, 0.3) is 0 Å². The van der Waals surface area contributed by atoms with Gasteiger partial charge in [-0.05, 0) is 44.8 Å². The second-order valence-corrected chi connectivity index (χ2v) is 5.42. The van der Waals surface area contributed by atoms with Crippen LogP contribution in [0.25, 0.3) is 0 Å². The van der Waals surface area contributed by atoms with E-state index in [1.54, 1.807) is 19.2 Å². The number of hydrogen-bond acceptors (Lipinski definition) is 7. The second kappa shape index (κ2) is 6.90. The third-order valence-corrected chi connectivity index (χ3v) is 3.53. The molecule has 1 heterocycles. The summed E-state index contributed by atoms with van der Waals surface area (Å²) < 4.78 is 17.4. The van der Waals surface area contributed by atoms with E-state index >= 15 is 0 Å². The highest BCUT2D eigenvalue weighted by atomic mass is 79.9. The van der Waals surface area contributed by atoms with Gasteiger partial charge in [0.05, 0.1) is 22.7 Å². The third kappa shape index (κ3) is 3.94. The van der Waals surface area contributed by atoms with Crippen LogP contribution in [0.15, 0.2) is 21.1 Å². The number of hydrogen-bond donors (Lipinski definition) is 1. The Morgan fingerprint density at radius 1 is 1.05 bits per heavy atom. The first kappa shape index (κ1) is 15.8. The number of nitrogen functional groups attached to an aromatic ring is 1. The van der Waals surface area contributed by atoms with Gasteiger partial charge in [-0.25, -0.2) is 0 Å². The van der Waals surface area contributed by atoms with Gasteiger partial charge in [0, 0.05) is 6.07 Å². The molecular weight excluding hydrogens is 408 g/mol. The lowest BCUT2D eigenvalue weighted by atomic mass is 10.3. The molecule has 0 spiro atoms. The SMILES string of the molecule is CCOc1nc(N)nc(Oc2cc(Br)c(OC)cc2Br)n1. The molecule has 9 heteroatoms. The topological polar surface area (TPSA) is 92.4 Å². The maximum absolute atomic E-state index is 5.60. The lowest BCUT2D eigenvalue weighted by molar-refractivity contribution is 0.304. The van der Waals surface area contributed by atoms with Crippen LogP contribution in [0.5, 0.6) is 23.5 Å². The number of methoxy groups -OCH3 is 1. The second-order valence-electron chi connectivity index (χ2n) is 3.71. The summed E-state index contributed by atoms with van der Waals surface area (Å²) >= 11 is 6.77.